The van der Waals surface area contributed by atoms with Gasteiger partial charge in [-0.2, -0.15) is 0 Å². The second-order valence-corrected chi connectivity index (χ2v) is 4.37. The van der Waals surface area contributed by atoms with E-state index in [4.69, 9.17) is 5.11 Å². The highest BCUT2D eigenvalue weighted by Crippen LogP contribution is 2.18. The topological polar surface area (TPSA) is 37.3 Å². The monoisotopic (exact) mass is 230 g/mol. The predicted molar refractivity (Wildman–Crippen MR) is 66.6 cm³/mol. The van der Waals surface area contributed by atoms with Crippen LogP contribution in [0.25, 0.3) is 12.2 Å². The van der Waals surface area contributed by atoms with Crippen LogP contribution in [0.1, 0.15) is 20.1 Å². The zero-order valence-corrected chi connectivity index (χ0v) is 9.28. The van der Waals surface area contributed by atoms with Gasteiger partial charge >= 0.3 is 5.97 Å². The molecule has 2 nitrogen and oxygen atoms in total. The number of carbonyl (C=O) groups is 1. The van der Waals surface area contributed by atoms with Crippen LogP contribution in [0.5, 0.6) is 0 Å². The molecule has 0 saturated heterocycles. The van der Waals surface area contributed by atoms with E-state index >= 15 is 0 Å². The predicted octanol–water partition coefficient (Wildman–Crippen LogP) is 3.62. The van der Waals surface area contributed by atoms with E-state index in [-0.39, 0.29) is 0 Å². The summed E-state index contributed by atoms with van der Waals surface area (Å²) in [6.07, 6.45) is 3.89. The van der Waals surface area contributed by atoms with Crippen LogP contribution >= 0.6 is 11.3 Å². The number of aromatic carboxylic acids is 1. The van der Waals surface area contributed by atoms with Gasteiger partial charge in [0.15, 0.2) is 0 Å². The van der Waals surface area contributed by atoms with Gasteiger partial charge in [-0.1, -0.05) is 36.4 Å². The number of hydrogen-bond donors (Lipinski definition) is 1. The Balaban J connectivity index is 2.15. The number of carboxylic acids is 1. The van der Waals surface area contributed by atoms with Gasteiger partial charge in [-0.05, 0) is 23.8 Å². The van der Waals surface area contributed by atoms with Crippen molar-refractivity contribution in [1.29, 1.82) is 0 Å². The van der Waals surface area contributed by atoms with Crippen LogP contribution in [-0.4, -0.2) is 11.1 Å². The van der Waals surface area contributed by atoms with Crippen LogP contribution in [0.2, 0.25) is 0 Å². The first-order valence-electron chi connectivity index (χ1n) is 4.82. The fourth-order valence-electron chi connectivity index (χ4n) is 1.30. The van der Waals surface area contributed by atoms with E-state index in [9.17, 15) is 4.79 Å². The molecule has 1 heterocycles. The first kappa shape index (κ1) is 10.6. The third-order valence-corrected chi connectivity index (χ3v) is 3.12. The van der Waals surface area contributed by atoms with Crippen molar-refractivity contribution in [3.63, 3.8) is 0 Å². The number of hydrogen-bond acceptors (Lipinski definition) is 2. The Hall–Kier alpha value is -1.87. The van der Waals surface area contributed by atoms with Gasteiger partial charge in [0.05, 0.1) is 0 Å². The number of carboxylic acid groups (broad SMARTS) is 1. The summed E-state index contributed by atoms with van der Waals surface area (Å²) in [6, 6.07) is 13.3. The molecule has 1 aromatic carbocycles. The molecule has 0 unspecified atom stereocenters. The molecule has 0 aliphatic heterocycles. The van der Waals surface area contributed by atoms with E-state index in [1.165, 1.54) is 11.3 Å². The van der Waals surface area contributed by atoms with Crippen molar-refractivity contribution in [1.82, 2.24) is 0 Å². The Morgan fingerprint density at radius 3 is 2.44 bits per heavy atom. The van der Waals surface area contributed by atoms with Crippen LogP contribution < -0.4 is 0 Å². The molecule has 0 spiro atoms. The molecule has 0 bridgehead atoms. The molecule has 0 amide bonds. The summed E-state index contributed by atoms with van der Waals surface area (Å²) in [7, 11) is 0. The highest BCUT2D eigenvalue weighted by atomic mass is 32.1. The van der Waals surface area contributed by atoms with Gasteiger partial charge in [0.25, 0.3) is 0 Å². The molecule has 0 atom stereocenters. The Kier molecular flexibility index (Phi) is 3.17. The van der Waals surface area contributed by atoms with Gasteiger partial charge < -0.3 is 5.11 Å². The van der Waals surface area contributed by atoms with E-state index in [0.717, 1.165) is 10.4 Å². The van der Waals surface area contributed by atoms with Gasteiger partial charge in [0.2, 0.25) is 0 Å². The van der Waals surface area contributed by atoms with Crippen molar-refractivity contribution in [3.05, 3.63) is 57.8 Å². The number of benzene rings is 1. The first-order valence-corrected chi connectivity index (χ1v) is 5.63. The largest absolute Gasteiger partial charge is 0.477 e. The van der Waals surface area contributed by atoms with Crippen LogP contribution in [0.15, 0.2) is 42.5 Å². The van der Waals surface area contributed by atoms with Gasteiger partial charge in [0.1, 0.15) is 4.88 Å². The van der Waals surface area contributed by atoms with Gasteiger partial charge in [-0.3, -0.25) is 0 Å². The Morgan fingerprint density at radius 1 is 1.06 bits per heavy atom. The molecule has 0 aliphatic rings. The van der Waals surface area contributed by atoms with Crippen molar-refractivity contribution in [2.24, 2.45) is 0 Å². The average molecular weight is 230 g/mol. The van der Waals surface area contributed by atoms with Crippen LogP contribution in [0, 0.1) is 0 Å². The minimum atomic E-state index is -0.871. The van der Waals surface area contributed by atoms with E-state index in [2.05, 4.69) is 0 Å². The molecule has 1 N–H and O–H groups in total. The Labute approximate surface area is 97.5 Å². The van der Waals surface area contributed by atoms with Crippen molar-refractivity contribution >= 4 is 29.5 Å². The number of rotatable bonds is 3. The first-order chi connectivity index (χ1) is 7.75. The van der Waals surface area contributed by atoms with Gasteiger partial charge in [-0.25, -0.2) is 4.79 Å². The Morgan fingerprint density at radius 2 is 1.81 bits per heavy atom. The highest BCUT2D eigenvalue weighted by molar-refractivity contribution is 7.14. The maximum Gasteiger partial charge on any atom is 0.345 e. The standard InChI is InChI=1S/C13H10O2S/c14-13(15)12-9-8-11(16-12)7-6-10-4-2-1-3-5-10/h1-9H,(H,14,15). The Bertz CT molecular complexity index is 512. The lowest BCUT2D eigenvalue weighted by Gasteiger charge is -1.89. The second-order valence-electron chi connectivity index (χ2n) is 3.25. The molecule has 0 radical (unpaired) electrons. The molecular formula is C13H10O2S. The SMILES string of the molecule is O=C(O)c1ccc(C=Cc2ccccc2)s1. The molecule has 0 aliphatic carbocycles. The van der Waals surface area contributed by atoms with Gasteiger partial charge in [-0.15, -0.1) is 11.3 Å². The molecule has 1 aromatic heterocycles. The lowest BCUT2D eigenvalue weighted by molar-refractivity contribution is 0.0702. The molecule has 16 heavy (non-hydrogen) atoms. The molecule has 80 valence electrons. The summed E-state index contributed by atoms with van der Waals surface area (Å²) in [6.45, 7) is 0. The lowest BCUT2D eigenvalue weighted by Crippen LogP contribution is -1.89. The molecule has 0 fully saturated rings. The fourth-order valence-corrected chi connectivity index (χ4v) is 2.05. The van der Waals surface area contributed by atoms with E-state index in [1.54, 1.807) is 6.07 Å². The van der Waals surface area contributed by atoms with E-state index in [0.29, 0.717) is 4.88 Å². The molecule has 0 saturated carbocycles. The summed E-state index contributed by atoms with van der Waals surface area (Å²) in [5, 5.41) is 8.77. The summed E-state index contributed by atoms with van der Waals surface area (Å²) in [4.78, 5) is 12.0. The summed E-state index contributed by atoms with van der Waals surface area (Å²) >= 11 is 1.27. The second kappa shape index (κ2) is 4.77. The van der Waals surface area contributed by atoms with Crippen molar-refractivity contribution in [3.8, 4) is 0 Å². The zero-order valence-electron chi connectivity index (χ0n) is 8.46. The van der Waals surface area contributed by atoms with Crippen LogP contribution in [0.4, 0.5) is 0 Å². The zero-order chi connectivity index (χ0) is 11.4. The van der Waals surface area contributed by atoms with Crippen molar-refractivity contribution in [2.45, 2.75) is 0 Å². The maximum atomic E-state index is 10.7. The summed E-state index contributed by atoms with van der Waals surface area (Å²) < 4.78 is 0. The molecule has 3 heteroatoms. The quantitative estimate of drug-likeness (QED) is 0.874. The summed E-state index contributed by atoms with van der Waals surface area (Å²) in [5.41, 5.74) is 1.10. The van der Waals surface area contributed by atoms with Crippen LogP contribution in [0.3, 0.4) is 0 Å². The van der Waals surface area contributed by atoms with Crippen molar-refractivity contribution < 1.29 is 9.90 Å². The fraction of sp³-hybridized carbons (Fsp3) is 0. The molecular weight excluding hydrogens is 220 g/mol. The molecule has 2 aromatic rings. The number of thiophene rings is 1. The highest BCUT2D eigenvalue weighted by Gasteiger charge is 2.04. The van der Waals surface area contributed by atoms with Crippen LogP contribution in [-0.2, 0) is 0 Å². The third kappa shape index (κ3) is 2.58. The van der Waals surface area contributed by atoms with E-state index in [1.807, 2.05) is 48.6 Å². The molecule has 2 rings (SSSR count). The average Bonchev–Trinajstić information content (AvgIpc) is 2.76. The minimum Gasteiger partial charge on any atom is -0.477 e. The summed E-state index contributed by atoms with van der Waals surface area (Å²) in [5.74, 6) is -0.871. The van der Waals surface area contributed by atoms with E-state index < -0.39 is 5.97 Å². The normalized spacial score (nSPS) is 10.8. The van der Waals surface area contributed by atoms with Gasteiger partial charge in [0, 0.05) is 4.88 Å². The minimum absolute atomic E-state index is 0.368. The lowest BCUT2D eigenvalue weighted by atomic mass is 10.2. The van der Waals surface area contributed by atoms with Crippen molar-refractivity contribution in [2.75, 3.05) is 0 Å². The smallest absolute Gasteiger partial charge is 0.345 e. The third-order valence-electron chi connectivity index (χ3n) is 2.08. The maximum absolute atomic E-state index is 10.7.